The van der Waals surface area contributed by atoms with Gasteiger partial charge in [-0.05, 0) is 53.1 Å². The maximum atomic E-state index is 11.3. The maximum Gasteiger partial charge on any atom is 0.405 e. The Balaban J connectivity index is 1.83. The number of aryl methyl sites for hydroxylation is 2. The van der Waals surface area contributed by atoms with Crippen LogP contribution >= 0.6 is 22.6 Å². The lowest BCUT2D eigenvalue weighted by atomic mass is 10.0. The molecule has 0 saturated heterocycles. The van der Waals surface area contributed by atoms with Gasteiger partial charge < -0.3 is 15.0 Å². The van der Waals surface area contributed by atoms with E-state index in [1.165, 1.54) is 5.56 Å². The highest BCUT2D eigenvalue weighted by molar-refractivity contribution is 14.1. The van der Waals surface area contributed by atoms with Gasteiger partial charge in [0.1, 0.15) is 5.82 Å². The predicted octanol–water partition coefficient (Wildman–Crippen LogP) is 4.63. The SMILES string of the molecule is Cn1cc(-c2ccc(I)cc2)nc1[C@@H](CCc1ccccc1)NC(=O)O. The molecule has 0 aliphatic carbocycles. The first-order chi connectivity index (χ1) is 12.5. The molecule has 0 spiro atoms. The van der Waals surface area contributed by atoms with E-state index >= 15 is 0 Å². The van der Waals surface area contributed by atoms with E-state index in [9.17, 15) is 9.90 Å². The van der Waals surface area contributed by atoms with Gasteiger partial charge in [-0.1, -0.05) is 42.5 Å². The molecule has 26 heavy (non-hydrogen) atoms. The normalized spacial score (nSPS) is 11.9. The first kappa shape index (κ1) is 18.4. The van der Waals surface area contributed by atoms with Crippen LogP contribution in [0.5, 0.6) is 0 Å². The van der Waals surface area contributed by atoms with E-state index in [0.29, 0.717) is 6.42 Å². The average Bonchev–Trinajstić information content (AvgIpc) is 3.01. The molecule has 0 radical (unpaired) electrons. The fourth-order valence-electron chi connectivity index (χ4n) is 2.93. The topological polar surface area (TPSA) is 67.2 Å². The van der Waals surface area contributed by atoms with Crippen molar-refractivity contribution in [2.75, 3.05) is 0 Å². The number of amides is 1. The van der Waals surface area contributed by atoms with Crippen LogP contribution in [0.2, 0.25) is 0 Å². The van der Waals surface area contributed by atoms with Crippen LogP contribution < -0.4 is 5.32 Å². The minimum Gasteiger partial charge on any atom is -0.465 e. The minimum atomic E-state index is -1.04. The van der Waals surface area contributed by atoms with Crippen LogP contribution in [0.25, 0.3) is 11.3 Å². The van der Waals surface area contributed by atoms with Crippen LogP contribution in [0.15, 0.2) is 60.8 Å². The molecule has 1 heterocycles. The summed E-state index contributed by atoms with van der Waals surface area (Å²) in [5.74, 6) is 0.719. The van der Waals surface area contributed by atoms with Crippen molar-refractivity contribution in [2.45, 2.75) is 18.9 Å². The van der Waals surface area contributed by atoms with E-state index in [2.05, 4.69) is 27.9 Å². The third kappa shape index (κ3) is 4.63. The fraction of sp³-hybridized carbons (Fsp3) is 0.200. The quantitative estimate of drug-likeness (QED) is 0.526. The summed E-state index contributed by atoms with van der Waals surface area (Å²) in [6.07, 6.45) is 2.32. The first-order valence-corrected chi connectivity index (χ1v) is 9.43. The number of nitrogens with one attached hydrogen (secondary N) is 1. The van der Waals surface area contributed by atoms with Gasteiger partial charge >= 0.3 is 6.09 Å². The number of nitrogens with zero attached hydrogens (tertiary/aromatic N) is 2. The second-order valence-electron chi connectivity index (χ2n) is 6.13. The average molecular weight is 461 g/mol. The van der Waals surface area contributed by atoms with Gasteiger partial charge in [0.15, 0.2) is 0 Å². The monoisotopic (exact) mass is 461 g/mol. The zero-order chi connectivity index (χ0) is 18.5. The molecule has 0 unspecified atom stereocenters. The fourth-order valence-corrected chi connectivity index (χ4v) is 3.29. The second-order valence-corrected chi connectivity index (χ2v) is 7.37. The van der Waals surface area contributed by atoms with Gasteiger partial charge in [-0.3, -0.25) is 0 Å². The van der Waals surface area contributed by atoms with Crippen LogP contribution in [0.3, 0.4) is 0 Å². The Morgan fingerprint density at radius 2 is 1.88 bits per heavy atom. The molecule has 0 aliphatic rings. The third-order valence-electron chi connectivity index (χ3n) is 4.23. The zero-order valence-corrected chi connectivity index (χ0v) is 16.6. The highest BCUT2D eigenvalue weighted by Gasteiger charge is 2.20. The summed E-state index contributed by atoms with van der Waals surface area (Å²) in [5.41, 5.74) is 3.04. The molecule has 1 amide bonds. The highest BCUT2D eigenvalue weighted by Crippen LogP contribution is 2.24. The van der Waals surface area contributed by atoms with Crippen molar-refractivity contribution in [3.8, 4) is 11.3 Å². The maximum absolute atomic E-state index is 11.3. The van der Waals surface area contributed by atoms with Crippen molar-refractivity contribution in [3.63, 3.8) is 0 Å². The Morgan fingerprint density at radius 3 is 2.54 bits per heavy atom. The van der Waals surface area contributed by atoms with E-state index in [4.69, 9.17) is 4.98 Å². The summed E-state index contributed by atoms with van der Waals surface area (Å²) in [6.45, 7) is 0. The summed E-state index contributed by atoms with van der Waals surface area (Å²) in [6, 6.07) is 17.8. The Morgan fingerprint density at radius 1 is 1.19 bits per heavy atom. The highest BCUT2D eigenvalue weighted by atomic mass is 127. The molecule has 5 nitrogen and oxygen atoms in total. The van der Waals surface area contributed by atoms with E-state index in [1.807, 2.05) is 72.4 Å². The molecule has 2 N–H and O–H groups in total. The largest absolute Gasteiger partial charge is 0.465 e. The third-order valence-corrected chi connectivity index (χ3v) is 4.95. The number of hydrogen-bond donors (Lipinski definition) is 2. The number of carbonyl (C=O) groups is 1. The van der Waals surface area contributed by atoms with Gasteiger partial charge in [0.05, 0.1) is 11.7 Å². The van der Waals surface area contributed by atoms with Crippen molar-refractivity contribution in [2.24, 2.45) is 7.05 Å². The van der Waals surface area contributed by atoms with Gasteiger partial charge in [0.2, 0.25) is 0 Å². The lowest BCUT2D eigenvalue weighted by Gasteiger charge is -2.16. The standard InChI is InChI=1S/C20H20IN3O2/c1-24-13-18(15-8-10-16(21)11-9-15)22-19(24)17(23-20(25)26)12-7-14-5-3-2-4-6-14/h2-6,8-11,13,17,23H,7,12H2,1H3,(H,25,26)/t17-/m1/s1. The summed E-state index contributed by atoms with van der Waals surface area (Å²) >= 11 is 2.27. The van der Waals surface area contributed by atoms with Crippen molar-refractivity contribution >= 4 is 28.7 Å². The summed E-state index contributed by atoms with van der Waals surface area (Å²) < 4.78 is 3.06. The van der Waals surface area contributed by atoms with Crippen LogP contribution in [-0.4, -0.2) is 20.8 Å². The van der Waals surface area contributed by atoms with E-state index in [0.717, 1.165) is 27.1 Å². The summed E-state index contributed by atoms with van der Waals surface area (Å²) in [5, 5.41) is 11.9. The number of rotatable bonds is 6. The van der Waals surface area contributed by atoms with E-state index < -0.39 is 6.09 Å². The molecule has 3 rings (SSSR count). The molecular weight excluding hydrogens is 441 g/mol. The van der Waals surface area contributed by atoms with E-state index in [1.54, 1.807) is 0 Å². The second kappa shape index (κ2) is 8.35. The van der Waals surface area contributed by atoms with Crippen molar-refractivity contribution < 1.29 is 9.90 Å². The van der Waals surface area contributed by atoms with Gasteiger partial charge in [-0.25, -0.2) is 9.78 Å². The van der Waals surface area contributed by atoms with Gasteiger partial charge in [-0.2, -0.15) is 0 Å². The Hall–Kier alpha value is -2.35. The smallest absolute Gasteiger partial charge is 0.405 e. The number of halogens is 1. The lowest BCUT2D eigenvalue weighted by molar-refractivity contribution is 0.188. The molecular formula is C20H20IN3O2. The Bertz CT molecular complexity index is 876. The molecule has 0 saturated carbocycles. The Kier molecular flexibility index (Phi) is 5.92. The lowest BCUT2D eigenvalue weighted by Crippen LogP contribution is -2.29. The van der Waals surface area contributed by atoms with Crippen LogP contribution in [0.1, 0.15) is 23.9 Å². The molecule has 0 aliphatic heterocycles. The molecule has 1 aromatic heterocycles. The number of carboxylic acid groups (broad SMARTS) is 1. The number of aromatic nitrogens is 2. The van der Waals surface area contributed by atoms with Crippen LogP contribution in [-0.2, 0) is 13.5 Å². The first-order valence-electron chi connectivity index (χ1n) is 8.35. The van der Waals surface area contributed by atoms with Crippen molar-refractivity contribution in [1.82, 2.24) is 14.9 Å². The number of hydrogen-bond acceptors (Lipinski definition) is 2. The predicted molar refractivity (Wildman–Crippen MR) is 110 cm³/mol. The van der Waals surface area contributed by atoms with Gasteiger partial charge in [0.25, 0.3) is 0 Å². The zero-order valence-electron chi connectivity index (χ0n) is 14.4. The molecule has 1 atom stereocenters. The summed E-state index contributed by atoms with van der Waals surface area (Å²) in [4.78, 5) is 16.0. The number of benzene rings is 2. The Labute approximate surface area is 166 Å². The van der Waals surface area contributed by atoms with Gasteiger partial charge in [0, 0.05) is 22.4 Å². The van der Waals surface area contributed by atoms with Crippen LogP contribution in [0.4, 0.5) is 4.79 Å². The molecule has 2 aromatic carbocycles. The van der Waals surface area contributed by atoms with Crippen molar-refractivity contribution in [1.29, 1.82) is 0 Å². The molecule has 134 valence electrons. The summed E-state index contributed by atoms with van der Waals surface area (Å²) in [7, 11) is 1.90. The van der Waals surface area contributed by atoms with Crippen molar-refractivity contribution in [3.05, 3.63) is 75.8 Å². The van der Waals surface area contributed by atoms with Crippen LogP contribution in [0, 0.1) is 3.57 Å². The minimum absolute atomic E-state index is 0.365. The molecule has 0 fully saturated rings. The van der Waals surface area contributed by atoms with Gasteiger partial charge in [-0.15, -0.1) is 0 Å². The molecule has 6 heteroatoms. The number of imidazole rings is 1. The van der Waals surface area contributed by atoms with E-state index in [-0.39, 0.29) is 6.04 Å². The molecule has 0 bridgehead atoms. The molecule has 3 aromatic rings.